The number of anilines is 3. The second kappa shape index (κ2) is 10.00. The van der Waals surface area contributed by atoms with Crippen LogP contribution in [0.3, 0.4) is 0 Å². The van der Waals surface area contributed by atoms with Crippen molar-refractivity contribution >= 4 is 44.2 Å². The second-order valence-electron chi connectivity index (χ2n) is 11.7. The smallest absolute Gasteiger partial charge is 0.135 e. The van der Waals surface area contributed by atoms with Gasteiger partial charge in [-0.25, -0.2) is 0 Å². The summed E-state index contributed by atoms with van der Waals surface area (Å²) >= 11 is 0. The van der Waals surface area contributed by atoms with Crippen LogP contribution >= 0.6 is 0 Å². The molecule has 7 aromatic rings. The van der Waals surface area contributed by atoms with Gasteiger partial charge in [0.15, 0.2) is 0 Å². The fourth-order valence-corrected chi connectivity index (χ4v) is 7.20. The summed E-state index contributed by atoms with van der Waals surface area (Å²) in [6.07, 6.45) is 2.38. The van der Waals surface area contributed by atoms with E-state index in [4.69, 9.17) is 4.74 Å². The van der Waals surface area contributed by atoms with Gasteiger partial charge in [0.05, 0.1) is 5.69 Å². The van der Waals surface area contributed by atoms with E-state index in [2.05, 4.69) is 169 Å². The molecule has 0 fully saturated rings. The van der Waals surface area contributed by atoms with E-state index in [9.17, 15) is 0 Å². The lowest BCUT2D eigenvalue weighted by molar-refractivity contribution is 0.223. The molecule has 7 aromatic carbocycles. The first-order chi connectivity index (χ1) is 21.8. The van der Waals surface area contributed by atoms with E-state index in [1.54, 1.807) is 0 Å². The lowest BCUT2D eigenvalue weighted by Gasteiger charge is -2.29. The second-order valence-corrected chi connectivity index (χ2v) is 11.7. The molecule has 44 heavy (non-hydrogen) atoms. The molecule has 0 N–H and O–H groups in total. The monoisotopic (exact) mass is 563 g/mol. The highest BCUT2D eigenvalue weighted by Gasteiger charge is 2.39. The minimum absolute atomic E-state index is 0.0458. The Morgan fingerprint density at radius 1 is 0.500 bits per heavy atom. The van der Waals surface area contributed by atoms with Crippen molar-refractivity contribution < 1.29 is 4.74 Å². The molecule has 0 aromatic heterocycles. The summed E-state index contributed by atoms with van der Waals surface area (Å²) in [5.41, 5.74) is 9.63. The van der Waals surface area contributed by atoms with Crippen molar-refractivity contribution in [1.29, 1.82) is 0 Å². The molecule has 0 saturated heterocycles. The fourth-order valence-electron chi connectivity index (χ4n) is 7.20. The highest BCUT2D eigenvalue weighted by molar-refractivity contribution is 6.14. The maximum Gasteiger partial charge on any atom is 0.135 e. The van der Waals surface area contributed by atoms with Crippen molar-refractivity contribution in [2.24, 2.45) is 0 Å². The summed E-state index contributed by atoms with van der Waals surface area (Å²) in [6.45, 7) is 0. The Hall–Kier alpha value is -5.60. The minimum atomic E-state index is -0.0458. The summed E-state index contributed by atoms with van der Waals surface area (Å²) in [4.78, 5) is 2.40. The van der Waals surface area contributed by atoms with Crippen molar-refractivity contribution in [3.8, 4) is 5.75 Å². The Kier molecular flexibility index (Phi) is 5.67. The number of nitrogens with zero attached hydrogens (tertiary/aromatic N) is 1. The summed E-state index contributed by atoms with van der Waals surface area (Å²) in [5.74, 6) is 1.07. The van der Waals surface area contributed by atoms with E-state index < -0.39 is 0 Å². The van der Waals surface area contributed by atoms with Crippen LogP contribution in [0.4, 0.5) is 17.1 Å². The molecule has 2 aliphatic rings. The van der Waals surface area contributed by atoms with E-state index in [0.717, 1.165) is 22.8 Å². The third-order valence-corrected chi connectivity index (χ3v) is 9.18. The molecular weight excluding hydrogens is 534 g/mol. The zero-order chi connectivity index (χ0) is 29.0. The molecule has 208 valence electrons. The van der Waals surface area contributed by atoms with Gasteiger partial charge in [0, 0.05) is 33.8 Å². The van der Waals surface area contributed by atoms with Crippen molar-refractivity contribution in [3.63, 3.8) is 0 Å². The predicted molar refractivity (Wildman–Crippen MR) is 182 cm³/mol. The van der Waals surface area contributed by atoms with E-state index in [1.807, 2.05) is 0 Å². The molecular formula is C42H29NO. The van der Waals surface area contributed by atoms with Crippen molar-refractivity contribution in [3.05, 3.63) is 186 Å². The quantitative estimate of drug-likeness (QED) is 0.198. The average Bonchev–Trinajstić information content (AvgIpc) is 3.47. The number of ether oxygens (including phenoxy) is 1. The molecule has 1 aliphatic carbocycles. The molecule has 1 heterocycles. The maximum absolute atomic E-state index is 6.73. The first-order valence-corrected chi connectivity index (χ1v) is 15.3. The molecule has 0 amide bonds. The number of hydrogen-bond acceptors (Lipinski definition) is 2. The third kappa shape index (κ3) is 3.88. The van der Waals surface area contributed by atoms with E-state index in [1.165, 1.54) is 49.4 Å². The van der Waals surface area contributed by atoms with Crippen molar-refractivity contribution in [2.45, 2.75) is 12.0 Å². The largest absolute Gasteiger partial charge is 0.484 e. The van der Waals surface area contributed by atoms with Crippen LogP contribution in [0.2, 0.25) is 0 Å². The van der Waals surface area contributed by atoms with Gasteiger partial charge in [-0.1, -0.05) is 127 Å². The van der Waals surface area contributed by atoms with Crippen molar-refractivity contribution in [2.75, 3.05) is 4.90 Å². The van der Waals surface area contributed by atoms with E-state index >= 15 is 0 Å². The first kappa shape index (κ1) is 24.9. The molecule has 9 rings (SSSR count). The average molecular weight is 564 g/mol. The maximum atomic E-state index is 6.73. The van der Waals surface area contributed by atoms with Crippen LogP contribution in [0.5, 0.6) is 5.75 Å². The molecule has 2 atom stereocenters. The van der Waals surface area contributed by atoms with Gasteiger partial charge in [-0.05, 0) is 69.3 Å². The molecule has 2 nitrogen and oxygen atoms in total. The summed E-state index contributed by atoms with van der Waals surface area (Å²) in [5, 5.41) is 4.98. The minimum Gasteiger partial charge on any atom is -0.484 e. The number of rotatable bonds is 4. The van der Waals surface area contributed by atoms with Crippen LogP contribution < -0.4 is 9.64 Å². The van der Waals surface area contributed by atoms with Gasteiger partial charge in [-0.2, -0.15) is 0 Å². The van der Waals surface area contributed by atoms with Gasteiger partial charge in [0.25, 0.3) is 0 Å². The van der Waals surface area contributed by atoms with Gasteiger partial charge >= 0.3 is 0 Å². The normalized spacial score (nSPS) is 16.5. The fraction of sp³-hybridized carbons (Fsp3) is 0.0476. The molecule has 0 saturated carbocycles. The SMILES string of the molecule is C1=C(c2ccccc2)c2ccccc2C2Oc3ccc(N(c4ccccc4)c4cc5ccccc5c5ccccc45)cc3C12. The molecule has 2 unspecified atom stereocenters. The van der Waals surface area contributed by atoms with Crippen LogP contribution in [-0.2, 0) is 0 Å². The third-order valence-electron chi connectivity index (χ3n) is 9.18. The lowest BCUT2D eigenvalue weighted by Crippen LogP contribution is -2.16. The summed E-state index contributed by atoms with van der Waals surface area (Å²) in [6, 6.07) is 56.6. The van der Waals surface area contributed by atoms with Gasteiger partial charge in [0.1, 0.15) is 11.9 Å². The predicted octanol–water partition coefficient (Wildman–Crippen LogP) is 11.1. The summed E-state index contributed by atoms with van der Waals surface area (Å²) in [7, 11) is 0. The standard InChI is InChI=1S/C42H29NO/c1-3-13-28(14-4-1)37-27-39-38-26-31(23-24-41(38)44-42(39)36-22-12-10-20-34(36)37)43(30-16-5-2-6-17-30)40-25-29-15-7-8-18-32(29)33-19-9-11-21-35(33)40/h1-27,39,42H. The molecule has 1 aliphatic heterocycles. The van der Waals surface area contributed by atoms with Gasteiger partial charge in [0.2, 0.25) is 0 Å². The number of hydrogen-bond donors (Lipinski definition) is 0. The zero-order valence-electron chi connectivity index (χ0n) is 24.1. The highest BCUT2D eigenvalue weighted by Crippen LogP contribution is 2.54. The number of para-hydroxylation sites is 1. The number of fused-ring (bicyclic) bond motifs is 8. The van der Waals surface area contributed by atoms with Crippen LogP contribution in [0.15, 0.2) is 164 Å². The van der Waals surface area contributed by atoms with E-state index in [-0.39, 0.29) is 12.0 Å². The molecule has 2 heteroatoms. The van der Waals surface area contributed by atoms with E-state index in [0.29, 0.717) is 0 Å². The molecule has 0 bridgehead atoms. The van der Waals surface area contributed by atoms with Crippen LogP contribution in [0.25, 0.3) is 27.1 Å². The van der Waals surface area contributed by atoms with Crippen LogP contribution in [0.1, 0.15) is 34.3 Å². The number of benzene rings is 7. The lowest BCUT2D eigenvalue weighted by atomic mass is 9.78. The Morgan fingerprint density at radius 3 is 2.02 bits per heavy atom. The molecule has 0 spiro atoms. The Morgan fingerprint density at radius 2 is 1.18 bits per heavy atom. The Labute approximate surface area is 257 Å². The van der Waals surface area contributed by atoms with Gasteiger partial charge < -0.3 is 9.64 Å². The highest BCUT2D eigenvalue weighted by atomic mass is 16.5. The molecule has 0 radical (unpaired) electrons. The first-order valence-electron chi connectivity index (χ1n) is 15.3. The zero-order valence-corrected chi connectivity index (χ0v) is 24.1. The van der Waals surface area contributed by atoms with Gasteiger partial charge in [-0.15, -0.1) is 0 Å². The Bertz CT molecular complexity index is 2220. The summed E-state index contributed by atoms with van der Waals surface area (Å²) < 4.78 is 6.73. The topological polar surface area (TPSA) is 12.5 Å². The Balaban J connectivity index is 1.25. The van der Waals surface area contributed by atoms with Crippen molar-refractivity contribution in [1.82, 2.24) is 0 Å². The van der Waals surface area contributed by atoms with Gasteiger partial charge in [-0.3, -0.25) is 0 Å². The van der Waals surface area contributed by atoms with Crippen LogP contribution in [-0.4, -0.2) is 0 Å². The van der Waals surface area contributed by atoms with Crippen LogP contribution in [0, 0.1) is 0 Å².